The Labute approximate surface area is 127 Å². The van der Waals surface area contributed by atoms with Crippen LogP contribution in [-0.2, 0) is 4.79 Å². The third kappa shape index (κ3) is 4.50. The number of para-hydroxylation sites is 1. The molecule has 0 heterocycles. The van der Waals surface area contributed by atoms with Crippen LogP contribution in [0.5, 0.6) is 0 Å². The van der Waals surface area contributed by atoms with Gasteiger partial charge in [0, 0.05) is 18.3 Å². The number of hydrogen-bond acceptors (Lipinski definition) is 2. The number of halogens is 1. The van der Waals surface area contributed by atoms with Gasteiger partial charge in [0.25, 0.3) is 0 Å². The Kier molecular flexibility index (Phi) is 4.79. The Morgan fingerprint density at radius 3 is 2.24 bits per heavy atom. The molecule has 5 nitrogen and oxygen atoms in total. The fourth-order valence-corrected chi connectivity index (χ4v) is 1.91. The predicted molar refractivity (Wildman–Crippen MR) is 84.8 cm³/mol. The minimum absolute atomic E-state index is 0.173. The van der Waals surface area contributed by atoms with Crippen molar-refractivity contribution in [2.75, 3.05) is 16.0 Å². The van der Waals surface area contributed by atoms with Crippen LogP contribution in [0.2, 0.25) is 5.02 Å². The quantitative estimate of drug-likeness (QED) is 0.803. The first-order valence-electron chi connectivity index (χ1n) is 6.25. The summed E-state index contributed by atoms with van der Waals surface area (Å²) in [6, 6.07) is 13.4. The molecule has 0 aliphatic rings. The van der Waals surface area contributed by atoms with E-state index in [-0.39, 0.29) is 5.91 Å². The Bertz CT molecular complexity index is 673. The van der Waals surface area contributed by atoms with Crippen molar-refractivity contribution in [2.45, 2.75) is 6.92 Å². The SMILES string of the molecule is CC(=O)Nc1cccc(NC(=O)Nc2ccccc2Cl)c1. The lowest BCUT2D eigenvalue weighted by Gasteiger charge is -2.10. The number of carbonyl (C=O) groups excluding carboxylic acids is 2. The Hall–Kier alpha value is -2.53. The van der Waals surface area contributed by atoms with Crippen LogP contribution < -0.4 is 16.0 Å². The number of carbonyl (C=O) groups is 2. The van der Waals surface area contributed by atoms with E-state index >= 15 is 0 Å². The molecule has 0 radical (unpaired) electrons. The molecule has 0 aromatic heterocycles. The van der Waals surface area contributed by atoms with E-state index in [0.717, 1.165) is 0 Å². The van der Waals surface area contributed by atoms with E-state index < -0.39 is 6.03 Å². The van der Waals surface area contributed by atoms with Crippen molar-refractivity contribution in [1.29, 1.82) is 0 Å². The highest BCUT2D eigenvalue weighted by Crippen LogP contribution is 2.21. The van der Waals surface area contributed by atoms with Gasteiger partial charge in [0.05, 0.1) is 10.7 Å². The van der Waals surface area contributed by atoms with Crippen LogP contribution in [0, 0.1) is 0 Å². The Morgan fingerprint density at radius 2 is 1.57 bits per heavy atom. The molecule has 3 amide bonds. The number of anilines is 3. The molecule has 0 saturated heterocycles. The van der Waals surface area contributed by atoms with Crippen LogP contribution in [0.1, 0.15) is 6.92 Å². The topological polar surface area (TPSA) is 70.2 Å². The van der Waals surface area contributed by atoms with Crippen molar-refractivity contribution in [3.8, 4) is 0 Å². The van der Waals surface area contributed by atoms with Gasteiger partial charge >= 0.3 is 6.03 Å². The number of hydrogen-bond donors (Lipinski definition) is 3. The normalized spacial score (nSPS) is 9.81. The van der Waals surface area contributed by atoms with E-state index in [1.807, 2.05) is 0 Å². The molecule has 0 aliphatic heterocycles. The number of nitrogens with one attached hydrogen (secondary N) is 3. The predicted octanol–water partition coefficient (Wildman–Crippen LogP) is 3.94. The standard InChI is InChI=1S/C15H14ClN3O2/c1-10(20)17-11-5-4-6-12(9-11)18-15(21)19-14-8-3-2-7-13(14)16/h2-9H,1H3,(H,17,20)(H2,18,19,21). The van der Waals surface area contributed by atoms with Crippen LogP contribution in [0.4, 0.5) is 21.9 Å². The van der Waals surface area contributed by atoms with Gasteiger partial charge in [0.2, 0.25) is 5.91 Å². The van der Waals surface area contributed by atoms with E-state index in [1.165, 1.54) is 6.92 Å². The van der Waals surface area contributed by atoms with E-state index in [0.29, 0.717) is 22.1 Å². The molecule has 0 bridgehead atoms. The second kappa shape index (κ2) is 6.76. The highest BCUT2D eigenvalue weighted by Gasteiger charge is 2.06. The lowest BCUT2D eigenvalue weighted by molar-refractivity contribution is -0.114. The van der Waals surface area contributed by atoms with Gasteiger partial charge in [-0.15, -0.1) is 0 Å². The molecular weight excluding hydrogens is 290 g/mol. The summed E-state index contributed by atoms with van der Waals surface area (Å²) in [5.41, 5.74) is 1.69. The molecule has 21 heavy (non-hydrogen) atoms. The maximum Gasteiger partial charge on any atom is 0.323 e. The molecule has 0 unspecified atom stereocenters. The number of benzene rings is 2. The molecule has 0 spiro atoms. The second-order valence-corrected chi connectivity index (χ2v) is 4.73. The zero-order valence-electron chi connectivity index (χ0n) is 11.3. The van der Waals surface area contributed by atoms with Gasteiger partial charge in [-0.1, -0.05) is 29.8 Å². The molecular formula is C15H14ClN3O2. The van der Waals surface area contributed by atoms with Gasteiger partial charge in [-0.05, 0) is 30.3 Å². The summed E-state index contributed by atoms with van der Waals surface area (Å²) >= 11 is 5.96. The lowest BCUT2D eigenvalue weighted by Crippen LogP contribution is -2.19. The highest BCUT2D eigenvalue weighted by atomic mass is 35.5. The molecule has 0 aliphatic carbocycles. The molecule has 0 fully saturated rings. The van der Waals surface area contributed by atoms with E-state index in [1.54, 1.807) is 48.5 Å². The van der Waals surface area contributed by atoms with E-state index in [4.69, 9.17) is 11.6 Å². The summed E-state index contributed by atoms with van der Waals surface area (Å²) in [5, 5.41) is 8.42. The fraction of sp³-hybridized carbons (Fsp3) is 0.0667. The van der Waals surface area contributed by atoms with Gasteiger partial charge in [-0.2, -0.15) is 0 Å². The van der Waals surface area contributed by atoms with Gasteiger partial charge in [0.1, 0.15) is 0 Å². The number of urea groups is 1. The van der Waals surface area contributed by atoms with Crippen molar-refractivity contribution in [3.05, 3.63) is 53.6 Å². The van der Waals surface area contributed by atoms with Crippen molar-refractivity contribution in [3.63, 3.8) is 0 Å². The first-order chi connectivity index (χ1) is 10.0. The monoisotopic (exact) mass is 303 g/mol. The van der Waals surface area contributed by atoms with Gasteiger partial charge in [-0.25, -0.2) is 4.79 Å². The maximum absolute atomic E-state index is 11.9. The summed E-state index contributed by atoms with van der Waals surface area (Å²) in [6.07, 6.45) is 0. The summed E-state index contributed by atoms with van der Waals surface area (Å²) in [5.74, 6) is -0.173. The summed E-state index contributed by atoms with van der Waals surface area (Å²) in [7, 11) is 0. The molecule has 0 atom stereocenters. The summed E-state index contributed by atoms with van der Waals surface area (Å²) in [4.78, 5) is 22.9. The fourth-order valence-electron chi connectivity index (χ4n) is 1.73. The van der Waals surface area contributed by atoms with Crippen molar-refractivity contribution in [2.24, 2.45) is 0 Å². The van der Waals surface area contributed by atoms with E-state index in [9.17, 15) is 9.59 Å². The zero-order chi connectivity index (χ0) is 15.2. The smallest absolute Gasteiger partial charge is 0.323 e. The third-order valence-electron chi connectivity index (χ3n) is 2.56. The maximum atomic E-state index is 11.9. The first kappa shape index (κ1) is 14.9. The average Bonchev–Trinajstić information content (AvgIpc) is 2.41. The second-order valence-electron chi connectivity index (χ2n) is 4.32. The van der Waals surface area contributed by atoms with Crippen LogP contribution in [0.3, 0.4) is 0 Å². The molecule has 0 saturated carbocycles. The van der Waals surface area contributed by atoms with Crippen molar-refractivity contribution < 1.29 is 9.59 Å². The number of rotatable bonds is 3. The summed E-state index contributed by atoms with van der Waals surface area (Å²) in [6.45, 7) is 1.42. The Balaban J connectivity index is 2.03. The average molecular weight is 304 g/mol. The minimum Gasteiger partial charge on any atom is -0.326 e. The van der Waals surface area contributed by atoms with Crippen LogP contribution in [-0.4, -0.2) is 11.9 Å². The molecule has 2 aromatic carbocycles. The molecule has 3 N–H and O–H groups in total. The Morgan fingerprint density at radius 1 is 0.905 bits per heavy atom. The van der Waals surface area contributed by atoms with Crippen molar-refractivity contribution in [1.82, 2.24) is 0 Å². The van der Waals surface area contributed by atoms with Crippen LogP contribution in [0.25, 0.3) is 0 Å². The lowest BCUT2D eigenvalue weighted by atomic mass is 10.2. The van der Waals surface area contributed by atoms with E-state index in [2.05, 4.69) is 16.0 Å². The largest absolute Gasteiger partial charge is 0.326 e. The molecule has 6 heteroatoms. The number of amides is 3. The summed E-state index contributed by atoms with van der Waals surface area (Å²) < 4.78 is 0. The van der Waals surface area contributed by atoms with Gasteiger partial charge in [0.15, 0.2) is 0 Å². The zero-order valence-corrected chi connectivity index (χ0v) is 12.1. The van der Waals surface area contributed by atoms with Gasteiger partial charge in [-0.3, -0.25) is 4.79 Å². The van der Waals surface area contributed by atoms with Crippen LogP contribution in [0.15, 0.2) is 48.5 Å². The highest BCUT2D eigenvalue weighted by molar-refractivity contribution is 6.33. The molecule has 2 aromatic rings. The molecule has 108 valence electrons. The van der Waals surface area contributed by atoms with Crippen molar-refractivity contribution >= 4 is 40.6 Å². The minimum atomic E-state index is -0.414. The third-order valence-corrected chi connectivity index (χ3v) is 2.89. The molecule has 2 rings (SSSR count). The van der Waals surface area contributed by atoms with Gasteiger partial charge < -0.3 is 16.0 Å². The first-order valence-corrected chi connectivity index (χ1v) is 6.62. The van der Waals surface area contributed by atoms with Crippen LogP contribution >= 0.6 is 11.6 Å².